The highest BCUT2D eigenvalue weighted by Crippen LogP contribution is 2.40. The molecule has 1 N–H and O–H groups in total. The average Bonchev–Trinajstić information content (AvgIpc) is 3.40. The minimum Gasteiger partial charge on any atom is -0.495 e. The van der Waals surface area contributed by atoms with E-state index in [1.807, 2.05) is 24.4 Å². The van der Waals surface area contributed by atoms with Crippen molar-refractivity contribution >= 4 is 16.8 Å². The predicted octanol–water partition coefficient (Wildman–Crippen LogP) is 6.30. The molecular weight excluding hydrogens is 458 g/mol. The fourth-order valence-corrected chi connectivity index (χ4v) is 6.67. The van der Waals surface area contributed by atoms with Crippen LogP contribution in [0.4, 0.5) is 0 Å². The molecule has 2 saturated heterocycles. The van der Waals surface area contributed by atoms with E-state index >= 15 is 0 Å². The normalized spacial score (nSPS) is 21.6. The Labute approximate surface area is 222 Å². The Balaban J connectivity index is 1.21. The molecule has 2 aromatic carbocycles. The number of aryl methyl sites for hydroxylation is 2. The minimum absolute atomic E-state index is 0.00122. The molecule has 2 bridgehead atoms. The van der Waals surface area contributed by atoms with Gasteiger partial charge in [-0.2, -0.15) is 0 Å². The first-order chi connectivity index (χ1) is 18.0. The Kier molecular flexibility index (Phi) is 8.19. The number of hydrogen-bond donors (Lipinski definition) is 1. The number of aromatic nitrogens is 1. The van der Waals surface area contributed by atoms with Crippen LogP contribution in [-0.2, 0) is 13.0 Å². The molecule has 0 spiro atoms. The van der Waals surface area contributed by atoms with Crippen molar-refractivity contribution in [3.05, 3.63) is 65.9 Å². The van der Waals surface area contributed by atoms with E-state index in [9.17, 15) is 4.79 Å². The standard InChI is InChI=1S/C32H43N3O2/c1-23(2)21-33-32(36)29-22-34(31-28(29)11-7-12-30(31)37-3)17-8-18-35-26-15-16-27(35)20-25(19-26)14-13-24-9-5-4-6-10-24/h4-7,9-12,22-23,25-27H,8,13-21H2,1-3H3,(H,33,36)/t25?,26-,27+. The molecule has 3 atom stereocenters. The number of piperidine rings is 1. The zero-order chi connectivity index (χ0) is 25.8. The van der Waals surface area contributed by atoms with Crippen LogP contribution < -0.4 is 10.1 Å². The number of carbonyl (C=O) groups is 1. The summed E-state index contributed by atoms with van der Waals surface area (Å²) >= 11 is 0. The quantitative estimate of drug-likeness (QED) is 0.335. The van der Waals surface area contributed by atoms with Gasteiger partial charge in [-0.3, -0.25) is 9.69 Å². The van der Waals surface area contributed by atoms with E-state index in [4.69, 9.17) is 4.74 Å². The van der Waals surface area contributed by atoms with Gasteiger partial charge in [0.2, 0.25) is 0 Å². The van der Waals surface area contributed by atoms with Gasteiger partial charge in [-0.1, -0.05) is 56.3 Å². The number of rotatable bonds is 11. The molecule has 0 radical (unpaired) electrons. The molecule has 198 valence electrons. The maximum atomic E-state index is 13.0. The molecule has 1 amide bonds. The second-order valence-electron chi connectivity index (χ2n) is 11.5. The Morgan fingerprint density at radius 3 is 2.49 bits per heavy atom. The molecule has 0 saturated carbocycles. The van der Waals surface area contributed by atoms with Crippen LogP contribution in [0.15, 0.2) is 54.7 Å². The Hall–Kier alpha value is -2.79. The van der Waals surface area contributed by atoms with Gasteiger partial charge in [-0.25, -0.2) is 0 Å². The molecular formula is C32H43N3O2. The summed E-state index contributed by atoms with van der Waals surface area (Å²) in [7, 11) is 1.71. The van der Waals surface area contributed by atoms with Gasteiger partial charge in [0.1, 0.15) is 5.75 Å². The van der Waals surface area contributed by atoms with E-state index in [0.29, 0.717) is 12.5 Å². The molecule has 1 aromatic heterocycles. The lowest BCUT2D eigenvalue weighted by Gasteiger charge is -2.39. The van der Waals surface area contributed by atoms with Crippen LogP contribution in [0.2, 0.25) is 0 Å². The summed E-state index contributed by atoms with van der Waals surface area (Å²) in [6, 6.07) is 18.5. The van der Waals surface area contributed by atoms with Crippen molar-refractivity contribution in [3.63, 3.8) is 0 Å². The number of para-hydroxylation sites is 1. The number of carbonyl (C=O) groups excluding carboxylic acids is 1. The number of ether oxygens (including phenoxy) is 1. The molecule has 3 aromatic rings. The van der Waals surface area contributed by atoms with Crippen molar-refractivity contribution in [1.29, 1.82) is 0 Å². The Bertz CT molecular complexity index is 1170. The zero-order valence-electron chi connectivity index (χ0n) is 22.8. The third-order valence-corrected chi connectivity index (χ3v) is 8.48. The molecule has 5 heteroatoms. The lowest BCUT2D eigenvalue weighted by Crippen LogP contribution is -2.43. The molecule has 0 aliphatic carbocycles. The third-order valence-electron chi connectivity index (χ3n) is 8.48. The number of nitrogens with one attached hydrogen (secondary N) is 1. The van der Waals surface area contributed by atoms with E-state index in [1.165, 1.54) is 44.1 Å². The summed E-state index contributed by atoms with van der Waals surface area (Å²) < 4.78 is 7.95. The van der Waals surface area contributed by atoms with Gasteiger partial charge in [0.15, 0.2) is 0 Å². The topological polar surface area (TPSA) is 46.5 Å². The average molecular weight is 502 g/mol. The molecule has 2 fully saturated rings. The number of benzene rings is 2. The number of methoxy groups -OCH3 is 1. The van der Waals surface area contributed by atoms with E-state index in [-0.39, 0.29) is 5.91 Å². The van der Waals surface area contributed by atoms with Gasteiger partial charge in [0.05, 0.1) is 18.2 Å². The van der Waals surface area contributed by atoms with Gasteiger partial charge < -0.3 is 14.6 Å². The maximum absolute atomic E-state index is 13.0. The summed E-state index contributed by atoms with van der Waals surface area (Å²) in [6.07, 6.45) is 11.1. The first-order valence-electron chi connectivity index (χ1n) is 14.3. The van der Waals surface area contributed by atoms with Crippen molar-refractivity contribution in [2.75, 3.05) is 20.2 Å². The highest BCUT2D eigenvalue weighted by molar-refractivity contribution is 6.08. The lowest BCUT2D eigenvalue weighted by atomic mass is 9.86. The minimum atomic E-state index is 0.00122. The van der Waals surface area contributed by atoms with Crippen LogP contribution in [0.1, 0.15) is 68.3 Å². The number of hydrogen-bond acceptors (Lipinski definition) is 3. The highest BCUT2D eigenvalue weighted by atomic mass is 16.5. The van der Waals surface area contributed by atoms with Gasteiger partial charge >= 0.3 is 0 Å². The number of nitrogens with zero attached hydrogens (tertiary/aromatic N) is 2. The molecule has 1 unspecified atom stereocenters. The zero-order valence-corrected chi connectivity index (χ0v) is 22.8. The predicted molar refractivity (Wildman–Crippen MR) is 151 cm³/mol. The van der Waals surface area contributed by atoms with Crippen molar-refractivity contribution in [2.24, 2.45) is 11.8 Å². The van der Waals surface area contributed by atoms with Crippen molar-refractivity contribution < 1.29 is 9.53 Å². The van der Waals surface area contributed by atoms with Gasteiger partial charge in [0, 0.05) is 43.3 Å². The molecule has 37 heavy (non-hydrogen) atoms. The van der Waals surface area contributed by atoms with Crippen LogP contribution in [0.25, 0.3) is 10.9 Å². The van der Waals surface area contributed by atoms with E-state index in [1.54, 1.807) is 7.11 Å². The largest absolute Gasteiger partial charge is 0.495 e. The van der Waals surface area contributed by atoms with Crippen LogP contribution in [0.3, 0.4) is 0 Å². The first-order valence-corrected chi connectivity index (χ1v) is 14.3. The molecule has 2 aliphatic rings. The molecule has 2 aliphatic heterocycles. The molecule has 5 rings (SSSR count). The SMILES string of the molecule is COc1cccc2c(C(=O)NCC(C)C)cn(CCCN3[C@@H]4CC[C@H]3CC(CCc3ccccc3)C4)c12. The van der Waals surface area contributed by atoms with Crippen LogP contribution in [0, 0.1) is 11.8 Å². The smallest absolute Gasteiger partial charge is 0.253 e. The van der Waals surface area contributed by atoms with Gasteiger partial charge in [-0.05, 0) is 68.4 Å². The monoisotopic (exact) mass is 501 g/mol. The summed E-state index contributed by atoms with van der Waals surface area (Å²) in [5, 5.41) is 4.06. The van der Waals surface area contributed by atoms with E-state index in [0.717, 1.165) is 59.7 Å². The van der Waals surface area contributed by atoms with Crippen molar-refractivity contribution in [3.8, 4) is 5.75 Å². The summed E-state index contributed by atoms with van der Waals surface area (Å²) in [4.78, 5) is 15.8. The highest BCUT2D eigenvalue weighted by Gasteiger charge is 2.39. The molecule has 3 heterocycles. The van der Waals surface area contributed by atoms with Gasteiger partial charge in [-0.15, -0.1) is 0 Å². The fourth-order valence-electron chi connectivity index (χ4n) is 6.67. The van der Waals surface area contributed by atoms with Crippen LogP contribution >= 0.6 is 0 Å². The number of amides is 1. The summed E-state index contributed by atoms with van der Waals surface area (Å²) in [6.45, 7) is 6.93. The van der Waals surface area contributed by atoms with E-state index < -0.39 is 0 Å². The number of fused-ring (bicyclic) bond motifs is 3. The summed E-state index contributed by atoms with van der Waals surface area (Å²) in [5.41, 5.74) is 3.25. The van der Waals surface area contributed by atoms with Crippen LogP contribution in [0.5, 0.6) is 5.75 Å². The fraction of sp³-hybridized carbons (Fsp3) is 0.531. The maximum Gasteiger partial charge on any atom is 0.253 e. The van der Waals surface area contributed by atoms with Crippen LogP contribution in [-0.4, -0.2) is 47.7 Å². The Morgan fingerprint density at radius 2 is 1.78 bits per heavy atom. The Morgan fingerprint density at radius 1 is 1.03 bits per heavy atom. The van der Waals surface area contributed by atoms with Crippen molar-refractivity contribution in [2.45, 2.75) is 77.4 Å². The first kappa shape index (κ1) is 25.8. The second kappa shape index (κ2) is 11.7. The molecule has 5 nitrogen and oxygen atoms in total. The van der Waals surface area contributed by atoms with Crippen molar-refractivity contribution in [1.82, 2.24) is 14.8 Å². The summed E-state index contributed by atoms with van der Waals surface area (Å²) in [5.74, 6) is 2.12. The second-order valence-corrected chi connectivity index (χ2v) is 11.5. The van der Waals surface area contributed by atoms with E-state index in [2.05, 4.69) is 59.0 Å². The third kappa shape index (κ3) is 5.87. The lowest BCUT2D eigenvalue weighted by molar-refractivity contribution is 0.0950. The van der Waals surface area contributed by atoms with Gasteiger partial charge in [0.25, 0.3) is 5.91 Å².